The van der Waals surface area contributed by atoms with Crippen molar-refractivity contribution in [1.82, 2.24) is 4.57 Å². The number of nitro benzene ring substituents is 1. The number of benzene rings is 2. The smallest absolute Gasteiger partial charge is 0.408 e. The molecule has 3 rings (SSSR count). The number of nitrogens with zero attached hydrogens (tertiary/aromatic N) is 2. The highest BCUT2D eigenvalue weighted by Crippen LogP contribution is 2.34. The quantitative estimate of drug-likeness (QED) is 0.552. The third-order valence-corrected chi connectivity index (χ3v) is 3.67. The summed E-state index contributed by atoms with van der Waals surface area (Å²) in [6.07, 6.45) is -4.77. The van der Waals surface area contributed by atoms with Gasteiger partial charge in [0.15, 0.2) is 5.58 Å². The Hall–Kier alpha value is -3.63. The molecular weight excluding hydrogens is 371 g/mol. The molecule has 0 saturated heterocycles. The lowest BCUT2D eigenvalue weighted by Crippen LogP contribution is -2.25. The van der Waals surface area contributed by atoms with Crippen LogP contribution >= 0.6 is 0 Å². The Kier molecular flexibility index (Phi) is 4.44. The summed E-state index contributed by atoms with van der Waals surface area (Å²) in [5, 5.41) is 13.2. The molecule has 0 atom stereocenters. The van der Waals surface area contributed by atoms with E-state index in [1.807, 2.05) is 0 Å². The second-order valence-corrected chi connectivity index (χ2v) is 5.46. The van der Waals surface area contributed by atoms with Crippen molar-refractivity contribution in [2.75, 3.05) is 5.32 Å². The lowest BCUT2D eigenvalue weighted by atomic mass is 10.1. The number of halogens is 3. The Labute approximate surface area is 148 Å². The number of aromatic nitrogens is 1. The first-order chi connectivity index (χ1) is 12.7. The molecule has 0 aliphatic carbocycles. The number of carbonyl (C=O) groups is 1. The number of nitrogens with one attached hydrogen (secondary N) is 1. The van der Waals surface area contributed by atoms with Gasteiger partial charge in [-0.25, -0.2) is 4.79 Å². The van der Waals surface area contributed by atoms with Crippen LogP contribution in [0.3, 0.4) is 0 Å². The van der Waals surface area contributed by atoms with Gasteiger partial charge in [0.1, 0.15) is 12.2 Å². The summed E-state index contributed by atoms with van der Waals surface area (Å²) in [5.41, 5.74) is -1.97. The maximum atomic E-state index is 12.7. The number of para-hydroxylation sites is 2. The van der Waals surface area contributed by atoms with Gasteiger partial charge in [-0.15, -0.1) is 0 Å². The molecule has 0 saturated carbocycles. The second-order valence-electron chi connectivity index (χ2n) is 5.46. The molecule has 1 aromatic heterocycles. The molecule has 0 aliphatic heterocycles. The molecule has 1 amide bonds. The number of anilines is 1. The Balaban J connectivity index is 1.88. The van der Waals surface area contributed by atoms with Gasteiger partial charge in [-0.3, -0.25) is 19.5 Å². The third kappa shape index (κ3) is 3.66. The van der Waals surface area contributed by atoms with Gasteiger partial charge < -0.3 is 9.73 Å². The van der Waals surface area contributed by atoms with E-state index in [1.165, 1.54) is 12.1 Å². The molecule has 0 spiro atoms. The summed E-state index contributed by atoms with van der Waals surface area (Å²) < 4.78 is 44.1. The van der Waals surface area contributed by atoms with E-state index < -0.39 is 46.2 Å². The molecule has 1 heterocycles. The number of hydrogen-bond acceptors (Lipinski definition) is 5. The first kappa shape index (κ1) is 18.2. The number of carbonyl (C=O) groups excluding carboxylic acids is 1. The van der Waals surface area contributed by atoms with Crippen LogP contribution < -0.4 is 11.1 Å². The van der Waals surface area contributed by atoms with Crippen molar-refractivity contribution in [1.29, 1.82) is 0 Å². The number of oxazole rings is 1. The van der Waals surface area contributed by atoms with Crippen LogP contribution in [0.5, 0.6) is 0 Å². The summed E-state index contributed by atoms with van der Waals surface area (Å²) in [4.78, 5) is 34.0. The molecule has 140 valence electrons. The lowest BCUT2D eigenvalue weighted by molar-refractivity contribution is -0.384. The van der Waals surface area contributed by atoms with Gasteiger partial charge in [-0.05, 0) is 24.3 Å². The molecule has 0 bridgehead atoms. The van der Waals surface area contributed by atoms with Crippen LogP contribution in [0.4, 0.5) is 24.5 Å². The Bertz CT molecular complexity index is 1100. The maximum Gasteiger partial charge on any atom is 0.420 e. The van der Waals surface area contributed by atoms with Gasteiger partial charge in [0.2, 0.25) is 5.91 Å². The fraction of sp³-hybridized carbons (Fsp3) is 0.125. The van der Waals surface area contributed by atoms with Crippen LogP contribution in [0.15, 0.2) is 51.7 Å². The molecule has 2 aromatic carbocycles. The highest BCUT2D eigenvalue weighted by atomic mass is 19.4. The molecule has 3 aromatic rings. The summed E-state index contributed by atoms with van der Waals surface area (Å²) in [5.74, 6) is -1.65. The molecule has 27 heavy (non-hydrogen) atoms. The maximum absolute atomic E-state index is 12.7. The van der Waals surface area contributed by atoms with E-state index in [-0.39, 0.29) is 5.58 Å². The van der Waals surface area contributed by atoms with Crippen LogP contribution in [0, 0.1) is 10.1 Å². The molecule has 8 nitrogen and oxygen atoms in total. The Morgan fingerprint density at radius 2 is 1.93 bits per heavy atom. The summed E-state index contributed by atoms with van der Waals surface area (Å²) in [6, 6.07) is 8.03. The fourth-order valence-electron chi connectivity index (χ4n) is 2.46. The van der Waals surface area contributed by atoms with E-state index in [0.29, 0.717) is 17.6 Å². The van der Waals surface area contributed by atoms with Gasteiger partial charge in [-0.1, -0.05) is 12.1 Å². The average molecular weight is 381 g/mol. The van der Waals surface area contributed by atoms with Crippen molar-refractivity contribution in [2.45, 2.75) is 12.7 Å². The number of nitro groups is 1. The van der Waals surface area contributed by atoms with Crippen LogP contribution in [-0.2, 0) is 17.5 Å². The largest absolute Gasteiger partial charge is 0.420 e. The zero-order valence-corrected chi connectivity index (χ0v) is 13.3. The van der Waals surface area contributed by atoms with E-state index in [4.69, 9.17) is 4.42 Å². The van der Waals surface area contributed by atoms with Crippen molar-refractivity contribution in [3.05, 3.63) is 68.7 Å². The highest BCUT2D eigenvalue weighted by molar-refractivity contribution is 5.93. The molecule has 0 fully saturated rings. The van der Waals surface area contributed by atoms with Crippen LogP contribution in [0.25, 0.3) is 11.1 Å². The first-order valence-corrected chi connectivity index (χ1v) is 7.40. The van der Waals surface area contributed by atoms with Crippen LogP contribution in [0.2, 0.25) is 0 Å². The molecule has 0 aliphatic rings. The van der Waals surface area contributed by atoms with Gasteiger partial charge in [0, 0.05) is 6.07 Å². The number of fused-ring (bicyclic) bond motifs is 1. The van der Waals surface area contributed by atoms with Crippen molar-refractivity contribution < 1.29 is 27.3 Å². The standard InChI is InChI=1S/C16H10F3N3O5/c17-16(18,19)9-5-6-10(12(7-9)22(25)26)20-14(23)8-21-11-3-1-2-4-13(11)27-15(21)24/h1-7H,8H2,(H,20,23). The van der Waals surface area contributed by atoms with Gasteiger partial charge in [-0.2, -0.15) is 13.2 Å². The number of alkyl halides is 3. The molecule has 1 N–H and O–H groups in total. The van der Waals surface area contributed by atoms with Crippen molar-refractivity contribution in [3.8, 4) is 0 Å². The van der Waals surface area contributed by atoms with E-state index in [0.717, 1.165) is 10.6 Å². The van der Waals surface area contributed by atoms with Crippen LogP contribution in [0.1, 0.15) is 5.56 Å². The molecule has 0 unspecified atom stereocenters. The average Bonchev–Trinajstić information content (AvgIpc) is 2.89. The summed E-state index contributed by atoms with van der Waals surface area (Å²) in [6.45, 7) is -0.534. The monoisotopic (exact) mass is 381 g/mol. The van der Waals surface area contributed by atoms with Crippen molar-refractivity contribution in [3.63, 3.8) is 0 Å². The van der Waals surface area contributed by atoms with Gasteiger partial charge >= 0.3 is 11.9 Å². The predicted octanol–water partition coefficient (Wildman–Crippen LogP) is 3.16. The number of amides is 1. The lowest BCUT2D eigenvalue weighted by Gasteiger charge is -2.10. The van der Waals surface area contributed by atoms with Crippen LogP contribution in [-0.4, -0.2) is 15.4 Å². The van der Waals surface area contributed by atoms with Crippen molar-refractivity contribution >= 4 is 28.4 Å². The van der Waals surface area contributed by atoms with E-state index in [2.05, 4.69) is 5.32 Å². The summed E-state index contributed by atoms with van der Waals surface area (Å²) in [7, 11) is 0. The zero-order chi connectivity index (χ0) is 19.8. The zero-order valence-electron chi connectivity index (χ0n) is 13.3. The molecule has 0 radical (unpaired) electrons. The number of hydrogen-bond donors (Lipinski definition) is 1. The minimum Gasteiger partial charge on any atom is -0.408 e. The molecule has 11 heteroatoms. The SMILES string of the molecule is O=C(Cn1c(=O)oc2ccccc21)Nc1ccc(C(F)(F)F)cc1[N+](=O)[O-]. The Morgan fingerprint density at radius 1 is 1.22 bits per heavy atom. The fourth-order valence-corrected chi connectivity index (χ4v) is 2.46. The van der Waals surface area contributed by atoms with E-state index >= 15 is 0 Å². The summed E-state index contributed by atoms with van der Waals surface area (Å²) >= 11 is 0. The van der Waals surface area contributed by atoms with E-state index in [1.54, 1.807) is 12.1 Å². The van der Waals surface area contributed by atoms with Gasteiger partial charge in [0.05, 0.1) is 16.0 Å². The second kappa shape index (κ2) is 6.59. The van der Waals surface area contributed by atoms with Crippen molar-refractivity contribution in [2.24, 2.45) is 0 Å². The Morgan fingerprint density at radius 3 is 2.59 bits per heavy atom. The van der Waals surface area contributed by atoms with E-state index in [9.17, 15) is 32.9 Å². The highest BCUT2D eigenvalue weighted by Gasteiger charge is 2.33. The normalized spacial score (nSPS) is 11.5. The number of rotatable bonds is 4. The molecular formula is C16H10F3N3O5. The topological polar surface area (TPSA) is 107 Å². The van der Waals surface area contributed by atoms with Gasteiger partial charge in [0.25, 0.3) is 5.69 Å². The first-order valence-electron chi connectivity index (χ1n) is 7.40. The predicted molar refractivity (Wildman–Crippen MR) is 87.2 cm³/mol. The minimum absolute atomic E-state index is 0.246. The minimum atomic E-state index is -4.77. The third-order valence-electron chi connectivity index (χ3n) is 3.67.